The van der Waals surface area contributed by atoms with Gasteiger partial charge >= 0.3 is 6.03 Å². The topological polar surface area (TPSA) is 79.8 Å². The molecule has 0 spiro atoms. The Hall–Kier alpha value is -3.03. The van der Waals surface area contributed by atoms with Crippen LogP contribution >= 0.6 is 0 Å². The molecule has 0 unspecified atom stereocenters. The number of hydrogen-bond acceptors (Lipinski definition) is 4. The van der Waals surface area contributed by atoms with Gasteiger partial charge in [-0.05, 0) is 12.1 Å². The Balaban J connectivity index is 1.70. The van der Waals surface area contributed by atoms with Crippen molar-refractivity contribution in [3.8, 4) is 17.2 Å². The number of rotatable bonds is 2. The summed E-state index contributed by atoms with van der Waals surface area (Å²) in [6.45, 7) is 0.108. The Kier molecular flexibility index (Phi) is 3.42. The van der Waals surface area contributed by atoms with E-state index in [0.717, 1.165) is 12.1 Å². The average Bonchev–Trinajstić information content (AvgIpc) is 2.92. The molecule has 1 aliphatic heterocycles. The second-order valence-corrected chi connectivity index (χ2v) is 4.44. The van der Waals surface area contributed by atoms with Gasteiger partial charge in [0.1, 0.15) is 0 Å². The Morgan fingerprint density at radius 2 is 1.64 bits per heavy atom. The van der Waals surface area contributed by atoms with Crippen molar-refractivity contribution in [2.75, 3.05) is 17.4 Å². The Labute approximate surface area is 123 Å². The van der Waals surface area contributed by atoms with Gasteiger partial charge in [-0.15, -0.1) is 0 Å². The summed E-state index contributed by atoms with van der Waals surface area (Å²) in [6.07, 6.45) is 0. The first-order valence-corrected chi connectivity index (χ1v) is 6.18. The zero-order valence-corrected chi connectivity index (χ0v) is 11.0. The quantitative estimate of drug-likeness (QED) is 0.745. The lowest BCUT2D eigenvalue weighted by molar-refractivity contribution is 0.174. The van der Waals surface area contributed by atoms with Gasteiger partial charge in [-0.2, -0.15) is 0 Å². The van der Waals surface area contributed by atoms with E-state index in [-0.39, 0.29) is 12.5 Å². The fourth-order valence-electron chi connectivity index (χ4n) is 1.91. The van der Waals surface area contributed by atoms with E-state index >= 15 is 0 Å². The molecule has 0 saturated heterocycles. The molecule has 0 fully saturated rings. The Bertz CT molecular complexity index is 729. The van der Waals surface area contributed by atoms with E-state index in [0.29, 0.717) is 17.2 Å². The van der Waals surface area contributed by atoms with E-state index in [1.165, 1.54) is 0 Å². The van der Waals surface area contributed by atoms with E-state index in [1.54, 1.807) is 18.2 Å². The Morgan fingerprint density at radius 1 is 1.00 bits per heavy atom. The highest BCUT2D eigenvalue weighted by Gasteiger charge is 2.15. The third-order valence-electron chi connectivity index (χ3n) is 2.91. The number of halogens is 2. The normalized spacial score (nSPS) is 12.1. The molecule has 8 heteroatoms. The monoisotopic (exact) mass is 308 g/mol. The molecule has 22 heavy (non-hydrogen) atoms. The first-order valence-electron chi connectivity index (χ1n) is 6.18. The summed E-state index contributed by atoms with van der Waals surface area (Å²) in [6, 6.07) is 5.67. The lowest BCUT2D eigenvalue weighted by atomic mass is 10.2. The number of amides is 2. The number of carbonyl (C=O) groups is 1. The number of phenols is 1. The molecule has 1 heterocycles. The van der Waals surface area contributed by atoms with Crippen LogP contribution < -0.4 is 20.1 Å². The summed E-state index contributed by atoms with van der Waals surface area (Å²) in [7, 11) is 0. The van der Waals surface area contributed by atoms with E-state index in [4.69, 9.17) is 14.6 Å². The van der Waals surface area contributed by atoms with Crippen molar-refractivity contribution in [1.82, 2.24) is 0 Å². The molecule has 3 N–H and O–H groups in total. The number of benzene rings is 2. The summed E-state index contributed by atoms with van der Waals surface area (Å²) in [5.74, 6) is -2.38. The molecule has 3 rings (SSSR count). The molecule has 2 aromatic carbocycles. The molecule has 114 valence electrons. The number of aromatic hydroxyl groups is 1. The van der Waals surface area contributed by atoms with E-state index in [2.05, 4.69) is 10.6 Å². The average molecular weight is 308 g/mol. The maximum atomic E-state index is 13.2. The van der Waals surface area contributed by atoms with Gasteiger partial charge in [0.15, 0.2) is 28.9 Å². The molecule has 6 nitrogen and oxygen atoms in total. The third-order valence-corrected chi connectivity index (χ3v) is 2.91. The van der Waals surface area contributed by atoms with E-state index in [1.807, 2.05) is 0 Å². The molecule has 1 aliphatic rings. The zero-order valence-electron chi connectivity index (χ0n) is 11.0. The van der Waals surface area contributed by atoms with Crippen LogP contribution in [0, 0.1) is 11.6 Å². The minimum atomic E-state index is -1.17. The molecule has 0 saturated carbocycles. The fourth-order valence-corrected chi connectivity index (χ4v) is 1.91. The van der Waals surface area contributed by atoms with Crippen molar-refractivity contribution in [1.29, 1.82) is 0 Å². The van der Waals surface area contributed by atoms with Crippen LogP contribution in [0.15, 0.2) is 30.3 Å². The maximum Gasteiger partial charge on any atom is 0.323 e. The molecule has 2 amide bonds. The number of ether oxygens (including phenoxy) is 2. The molecule has 0 atom stereocenters. The molecule has 0 bridgehead atoms. The SMILES string of the molecule is O=C(Nc1cc(F)c(O)c(F)c1)Nc1ccc2c(c1)OCO2. The van der Waals surface area contributed by atoms with Crippen LogP contribution in [0.5, 0.6) is 17.2 Å². The number of phenolic OH excluding ortho intramolecular Hbond substituents is 1. The fraction of sp³-hybridized carbons (Fsp3) is 0.0714. The summed E-state index contributed by atoms with van der Waals surface area (Å²) in [4.78, 5) is 11.8. The van der Waals surface area contributed by atoms with Crippen molar-refractivity contribution in [2.45, 2.75) is 0 Å². The number of anilines is 2. The van der Waals surface area contributed by atoms with Crippen LogP contribution in [0.4, 0.5) is 25.0 Å². The van der Waals surface area contributed by atoms with Gasteiger partial charge in [0.05, 0.1) is 0 Å². The zero-order chi connectivity index (χ0) is 15.7. The second kappa shape index (κ2) is 5.40. The summed E-state index contributed by atoms with van der Waals surface area (Å²) >= 11 is 0. The van der Waals surface area contributed by atoms with Crippen LogP contribution in [-0.2, 0) is 0 Å². The lowest BCUT2D eigenvalue weighted by Crippen LogP contribution is -2.19. The van der Waals surface area contributed by atoms with Crippen molar-refractivity contribution in [3.63, 3.8) is 0 Å². The molecule has 0 aliphatic carbocycles. The van der Waals surface area contributed by atoms with Gasteiger partial charge in [0.25, 0.3) is 0 Å². The summed E-state index contributed by atoms with van der Waals surface area (Å²) in [5, 5.41) is 13.7. The second-order valence-electron chi connectivity index (χ2n) is 4.44. The smallest absolute Gasteiger partial charge is 0.323 e. The highest BCUT2D eigenvalue weighted by molar-refractivity contribution is 6.00. The predicted octanol–water partition coefficient (Wildman–Crippen LogP) is 3.04. The van der Waals surface area contributed by atoms with E-state index in [9.17, 15) is 13.6 Å². The van der Waals surface area contributed by atoms with E-state index < -0.39 is 23.4 Å². The molecule has 2 aromatic rings. The summed E-state index contributed by atoms with van der Waals surface area (Å²) < 4.78 is 36.6. The number of carbonyl (C=O) groups excluding carboxylic acids is 1. The van der Waals surface area contributed by atoms with Gasteiger partial charge in [0.2, 0.25) is 6.79 Å². The largest absolute Gasteiger partial charge is 0.503 e. The van der Waals surface area contributed by atoms with Crippen LogP contribution in [0.25, 0.3) is 0 Å². The molecule has 0 aromatic heterocycles. The molecular weight excluding hydrogens is 298 g/mol. The van der Waals surface area contributed by atoms with Crippen LogP contribution in [0.3, 0.4) is 0 Å². The van der Waals surface area contributed by atoms with Crippen LogP contribution in [0.2, 0.25) is 0 Å². The molecular formula is C14H10F2N2O4. The van der Waals surface area contributed by atoms with Gasteiger partial charge in [-0.1, -0.05) is 0 Å². The van der Waals surface area contributed by atoms with Gasteiger partial charge in [-0.25, -0.2) is 13.6 Å². The highest BCUT2D eigenvalue weighted by Crippen LogP contribution is 2.34. The first-order chi connectivity index (χ1) is 10.5. The van der Waals surface area contributed by atoms with Crippen LogP contribution in [0.1, 0.15) is 0 Å². The highest BCUT2D eigenvalue weighted by atomic mass is 19.1. The van der Waals surface area contributed by atoms with Crippen molar-refractivity contribution in [3.05, 3.63) is 42.0 Å². The standard InChI is InChI=1S/C14H10F2N2O4/c15-9-3-8(4-10(16)13(9)19)18-14(20)17-7-1-2-11-12(5-7)22-6-21-11/h1-5,19H,6H2,(H2,17,18,20). The first kappa shape index (κ1) is 13.9. The van der Waals surface area contributed by atoms with Gasteiger partial charge in [0, 0.05) is 29.6 Å². The number of hydrogen-bond donors (Lipinski definition) is 3. The minimum Gasteiger partial charge on any atom is -0.503 e. The maximum absolute atomic E-state index is 13.2. The predicted molar refractivity (Wildman–Crippen MR) is 73.2 cm³/mol. The summed E-state index contributed by atoms with van der Waals surface area (Å²) in [5.41, 5.74) is 0.285. The van der Waals surface area contributed by atoms with Crippen molar-refractivity contribution < 1.29 is 28.2 Å². The van der Waals surface area contributed by atoms with Gasteiger partial charge in [-0.3, -0.25) is 0 Å². The number of nitrogens with one attached hydrogen (secondary N) is 2. The minimum absolute atomic E-state index is 0.108. The van der Waals surface area contributed by atoms with Crippen LogP contribution in [-0.4, -0.2) is 17.9 Å². The Morgan fingerprint density at radius 3 is 2.36 bits per heavy atom. The number of fused-ring (bicyclic) bond motifs is 1. The molecule has 0 radical (unpaired) electrons. The van der Waals surface area contributed by atoms with Crippen molar-refractivity contribution in [2.24, 2.45) is 0 Å². The van der Waals surface area contributed by atoms with Crippen molar-refractivity contribution >= 4 is 17.4 Å². The third kappa shape index (κ3) is 2.71. The lowest BCUT2D eigenvalue weighted by Gasteiger charge is -2.09. The number of urea groups is 1. The van der Waals surface area contributed by atoms with Gasteiger partial charge < -0.3 is 25.2 Å².